The quantitative estimate of drug-likeness (QED) is 0.431. The Bertz CT molecular complexity index is 109. The van der Waals surface area contributed by atoms with Crippen molar-refractivity contribution in [3.05, 3.63) is 11.6 Å². The topological polar surface area (TPSA) is 12.5 Å². The zero-order valence-corrected chi connectivity index (χ0v) is 5.35. The van der Waals surface area contributed by atoms with Gasteiger partial charge < -0.3 is 0 Å². The van der Waals surface area contributed by atoms with Crippen molar-refractivity contribution in [1.82, 2.24) is 5.06 Å². The van der Waals surface area contributed by atoms with Gasteiger partial charge in [-0.25, -0.2) is 0 Å². The molecule has 0 unspecified atom stereocenters. The molecule has 0 atom stereocenters. The minimum atomic E-state index is 0.760. The molecule has 0 radical (unpaired) electrons. The van der Waals surface area contributed by atoms with Crippen molar-refractivity contribution in [2.75, 3.05) is 20.2 Å². The van der Waals surface area contributed by atoms with E-state index in [2.05, 4.69) is 13.0 Å². The fraction of sp³-hybridized carbons (Fsp3) is 0.667. The van der Waals surface area contributed by atoms with Crippen LogP contribution in [-0.4, -0.2) is 25.3 Å². The summed E-state index contributed by atoms with van der Waals surface area (Å²) in [7, 11) is 1.93. The van der Waals surface area contributed by atoms with Gasteiger partial charge >= 0.3 is 0 Å². The molecule has 0 spiro atoms. The van der Waals surface area contributed by atoms with Crippen molar-refractivity contribution in [1.29, 1.82) is 0 Å². The Morgan fingerprint density at radius 3 is 2.88 bits per heavy atom. The second-order valence-electron chi connectivity index (χ2n) is 2.13. The summed E-state index contributed by atoms with van der Waals surface area (Å²) in [5.74, 6) is 0. The van der Waals surface area contributed by atoms with E-state index in [4.69, 9.17) is 4.84 Å². The van der Waals surface area contributed by atoms with Crippen molar-refractivity contribution in [2.45, 2.75) is 6.92 Å². The molecule has 0 saturated carbocycles. The van der Waals surface area contributed by atoms with Gasteiger partial charge in [0.15, 0.2) is 0 Å². The lowest BCUT2D eigenvalue weighted by Gasteiger charge is -2.19. The Morgan fingerprint density at radius 1 is 1.75 bits per heavy atom. The van der Waals surface area contributed by atoms with Gasteiger partial charge in [0.05, 0.1) is 6.61 Å². The van der Waals surface area contributed by atoms with E-state index in [1.165, 1.54) is 5.57 Å². The molecule has 0 aliphatic carbocycles. The van der Waals surface area contributed by atoms with Crippen molar-refractivity contribution in [2.24, 2.45) is 0 Å². The van der Waals surface area contributed by atoms with Crippen LogP contribution in [0.4, 0.5) is 0 Å². The normalized spacial score (nSPS) is 23.0. The summed E-state index contributed by atoms with van der Waals surface area (Å²) in [6.45, 7) is 3.76. The Hall–Kier alpha value is -0.340. The molecule has 0 amide bonds. The van der Waals surface area contributed by atoms with E-state index < -0.39 is 0 Å². The van der Waals surface area contributed by atoms with Crippen LogP contribution >= 0.6 is 0 Å². The third-order valence-electron chi connectivity index (χ3n) is 1.21. The molecule has 0 saturated heterocycles. The smallest absolute Gasteiger partial charge is 0.0893 e. The van der Waals surface area contributed by atoms with Crippen LogP contribution in [0, 0.1) is 0 Å². The lowest BCUT2D eigenvalue weighted by molar-refractivity contribution is -0.129. The van der Waals surface area contributed by atoms with Gasteiger partial charge in [0.1, 0.15) is 0 Å². The van der Waals surface area contributed by atoms with Crippen LogP contribution in [0.2, 0.25) is 0 Å². The predicted molar refractivity (Wildman–Crippen MR) is 32.3 cm³/mol. The minimum absolute atomic E-state index is 0.760. The first-order valence-electron chi connectivity index (χ1n) is 2.79. The molecule has 0 aromatic heterocycles. The molecule has 0 aromatic carbocycles. The second-order valence-corrected chi connectivity index (χ2v) is 2.13. The van der Waals surface area contributed by atoms with E-state index in [1.807, 2.05) is 12.1 Å². The van der Waals surface area contributed by atoms with E-state index in [0.717, 1.165) is 13.2 Å². The van der Waals surface area contributed by atoms with E-state index >= 15 is 0 Å². The van der Waals surface area contributed by atoms with Gasteiger partial charge in [0.25, 0.3) is 0 Å². The Labute approximate surface area is 49.7 Å². The average molecular weight is 113 g/mol. The SMILES string of the molecule is CC1=CCN(C)OC1. The first-order valence-corrected chi connectivity index (χ1v) is 2.79. The van der Waals surface area contributed by atoms with Gasteiger partial charge in [-0.3, -0.25) is 4.84 Å². The highest BCUT2D eigenvalue weighted by Gasteiger charge is 2.02. The summed E-state index contributed by atoms with van der Waals surface area (Å²) in [5, 5.41) is 1.83. The molecule has 0 N–H and O–H groups in total. The minimum Gasteiger partial charge on any atom is -0.295 e. The van der Waals surface area contributed by atoms with Gasteiger partial charge in [-0.2, -0.15) is 5.06 Å². The third-order valence-corrected chi connectivity index (χ3v) is 1.21. The van der Waals surface area contributed by atoms with Crippen molar-refractivity contribution in [3.63, 3.8) is 0 Å². The molecule has 0 fully saturated rings. The van der Waals surface area contributed by atoms with Crippen LogP contribution < -0.4 is 0 Å². The highest BCUT2D eigenvalue weighted by molar-refractivity contribution is 5.00. The molecule has 0 bridgehead atoms. The van der Waals surface area contributed by atoms with E-state index in [1.54, 1.807) is 0 Å². The molecule has 1 rings (SSSR count). The highest BCUT2D eigenvalue weighted by Crippen LogP contribution is 2.01. The standard InChI is InChI=1S/C6H11NO/c1-6-3-4-7(2)8-5-6/h3H,4-5H2,1-2H3. The molecule has 2 nitrogen and oxygen atoms in total. The lowest BCUT2D eigenvalue weighted by atomic mass is 10.3. The van der Waals surface area contributed by atoms with Gasteiger partial charge in [0, 0.05) is 13.6 Å². The summed E-state index contributed by atoms with van der Waals surface area (Å²) < 4.78 is 0. The monoisotopic (exact) mass is 113 g/mol. The van der Waals surface area contributed by atoms with Crippen LogP contribution in [0.25, 0.3) is 0 Å². The van der Waals surface area contributed by atoms with E-state index in [0.29, 0.717) is 0 Å². The maximum atomic E-state index is 5.16. The zero-order valence-electron chi connectivity index (χ0n) is 5.35. The number of hydrogen-bond acceptors (Lipinski definition) is 2. The summed E-state index contributed by atoms with van der Waals surface area (Å²) in [4.78, 5) is 5.16. The van der Waals surface area contributed by atoms with Gasteiger partial charge in [-0.1, -0.05) is 6.08 Å². The molecule has 2 heteroatoms. The molecule has 1 aliphatic heterocycles. The maximum absolute atomic E-state index is 5.16. The Morgan fingerprint density at radius 2 is 2.50 bits per heavy atom. The van der Waals surface area contributed by atoms with Crippen LogP contribution in [0.1, 0.15) is 6.92 Å². The number of rotatable bonds is 0. The highest BCUT2D eigenvalue weighted by atomic mass is 16.7. The third kappa shape index (κ3) is 1.32. The van der Waals surface area contributed by atoms with Crippen LogP contribution in [-0.2, 0) is 4.84 Å². The number of nitrogens with zero attached hydrogens (tertiary/aromatic N) is 1. The number of hydrogen-bond donors (Lipinski definition) is 0. The van der Waals surface area contributed by atoms with E-state index in [-0.39, 0.29) is 0 Å². The molecule has 46 valence electrons. The molecule has 0 aromatic rings. The summed E-state index contributed by atoms with van der Waals surface area (Å²) in [6, 6.07) is 0. The predicted octanol–water partition coefficient (Wildman–Crippen LogP) is 0.810. The molecule has 1 heterocycles. The van der Waals surface area contributed by atoms with Gasteiger partial charge in [-0.05, 0) is 12.5 Å². The largest absolute Gasteiger partial charge is 0.295 e. The van der Waals surface area contributed by atoms with Crippen LogP contribution in [0.3, 0.4) is 0 Å². The van der Waals surface area contributed by atoms with Crippen LogP contribution in [0.15, 0.2) is 11.6 Å². The van der Waals surface area contributed by atoms with Crippen molar-refractivity contribution in [3.8, 4) is 0 Å². The Balaban J connectivity index is 2.42. The lowest BCUT2D eigenvalue weighted by Crippen LogP contribution is -2.24. The fourth-order valence-electron chi connectivity index (χ4n) is 0.608. The number of likely N-dealkylation sites (N-methyl/N-ethyl adjacent to an activating group) is 1. The second kappa shape index (κ2) is 2.29. The first kappa shape index (κ1) is 5.79. The van der Waals surface area contributed by atoms with E-state index in [9.17, 15) is 0 Å². The summed E-state index contributed by atoms with van der Waals surface area (Å²) in [5.41, 5.74) is 1.32. The number of hydroxylamine groups is 2. The first-order chi connectivity index (χ1) is 3.79. The average Bonchev–Trinajstić information content (AvgIpc) is 1.77. The Kier molecular flexibility index (Phi) is 1.65. The fourth-order valence-corrected chi connectivity index (χ4v) is 0.608. The summed E-state index contributed by atoms with van der Waals surface area (Å²) >= 11 is 0. The van der Waals surface area contributed by atoms with Crippen molar-refractivity contribution < 1.29 is 4.84 Å². The molecule has 1 aliphatic rings. The van der Waals surface area contributed by atoms with Crippen molar-refractivity contribution >= 4 is 0 Å². The van der Waals surface area contributed by atoms with Gasteiger partial charge in [0.2, 0.25) is 0 Å². The zero-order chi connectivity index (χ0) is 5.98. The summed E-state index contributed by atoms with van der Waals surface area (Å²) in [6.07, 6.45) is 2.17. The molecular weight excluding hydrogens is 102 g/mol. The molecular formula is C6H11NO. The van der Waals surface area contributed by atoms with Crippen LogP contribution in [0.5, 0.6) is 0 Å². The van der Waals surface area contributed by atoms with Gasteiger partial charge in [-0.15, -0.1) is 0 Å². The molecule has 8 heavy (non-hydrogen) atoms. The maximum Gasteiger partial charge on any atom is 0.0893 e.